The molecular weight excluding hydrogens is 466 g/mol. The van der Waals surface area contributed by atoms with Gasteiger partial charge in [0.25, 0.3) is 0 Å². The van der Waals surface area contributed by atoms with Gasteiger partial charge in [0.2, 0.25) is 0 Å². The van der Waals surface area contributed by atoms with Crippen molar-refractivity contribution in [3.8, 4) is 0 Å². The van der Waals surface area contributed by atoms with Gasteiger partial charge in [-0.15, -0.1) is 26.2 Å². The predicted molar refractivity (Wildman–Crippen MR) is 123 cm³/mol. The smallest absolute Gasteiger partial charge is 0.0715 e. The van der Waals surface area contributed by atoms with E-state index in [4.69, 9.17) is 0 Å². The first-order valence-electron chi connectivity index (χ1n) is 9.40. The third-order valence-electron chi connectivity index (χ3n) is 4.56. The van der Waals surface area contributed by atoms with Crippen LogP contribution in [0.1, 0.15) is 80.1 Å². The van der Waals surface area contributed by atoms with Crippen molar-refractivity contribution in [2.45, 2.75) is 85.2 Å². The monoisotopic (exact) mass is 510 g/mol. The summed E-state index contributed by atoms with van der Waals surface area (Å²) in [6, 6.07) is 0. The van der Waals surface area contributed by atoms with Gasteiger partial charge in [-0.2, -0.15) is 0 Å². The minimum Gasteiger partial charge on any atom is -1.00 e. The van der Waals surface area contributed by atoms with Gasteiger partial charge in [0.05, 0.1) is 23.6 Å². The molecule has 0 rings (SSSR count). The highest BCUT2D eigenvalue weighted by Gasteiger charge is 2.46. The lowest BCUT2D eigenvalue weighted by Crippen LogP contribution is -3.00. The van der Waals surface area contributed by atoms with E-state index in [0.717, 1.165) is 12.8 Å². The van der Waals surface area contributed by atoms with Gasteiger partial charge >= 0.3 is 0 Å². The number of hydrogen-bond donors (Lipinski definition) is 0. The molecule has 0 aliphatic heterocycles. The van der Waals surface area contributed by atoms with Crippen LogP contribution < -0.4 is 17.0 Å². The Morgan fingerprint density at radius 1 is 0.833 bits per heavy atom. The zero-order chi connectivity index (χ0) is 17.5. The molecule has 0 spiro atoms. The molecule has 0 aromatic carbocycles. The standard InChI is InChI=1S/C16H36P.C3H9OP.2BrH/c1-7-10-13-17(14-11-8-2,15-12-9-3)16(4,5)6;1-4-2-3-5;;/h7-15H2,1-6H3;2-3,5H2,1H3;2*1H/q+1;;;/p-1. The van der Waals surface area contributed by atoms with Crippen molar-refractivity contribution >= 4 is 33.5 Å². The molecule has 1 atom stereocenters. The first-order valence-corrected chi connectivity index (χ1v) is 12.6. The lowest BCUT2D eigenvalue weighted by atomic mass is 10.2. The van der Waals surface area contributed by atoms with Crippen LogP contribution >= 0.6 is 33.5 Å². The molecule has 0 aromatic rings. The highest BCUT2D eigenvalue weighted by Crippen LogP contribution is 2.69. The largest absolute Gasteiger partial charge is 1.00 e. The van der Waals surface area contributed by atoms with Crippen LogP contribution in [0, 0.1) is 0 Å². The number of ether oxygens (including phenoxy) is 1. The van der Waals surface area contributed by atoms with Crippen LogP contribution in [0.15, 0.2) is 0 Å². The Morgan fingerprint density at radius 2 is 1.17 bits per heavy atom. The topological polar surface area (TPSA) is 9.23 Å². The fourth-order valence-electron chi connectivity index (χ4n) is 2.84. The van der Waals surface area contributed by atoms with Gasteiger partial charge in [-0.05, 0) is 46.2 Å². The van der Waals surface area contributed by atoms with Gasteiger partial charge in [0.15, 0.2) is 0 Å². The lowest BCUT2D eigenvalue weighted by Gasteiger charge is -2.39. The van der Waals surface area contributed by atoms with Gasteiger partial charge < -0.3 is 21.7 Å². The second-order valence-corrected chi connectivity index (χ2v) is 12.9. The van der Waals surface area contributed by atoms with E-state index in [-0.39, 0.29) is 34.0 Å². The summed E-state index contributed by atoms with van der Waals surface area (Å²) in [5.41, 5.74) is 0. The van der Waals surface area contributed by atoms with E-state index in [2.05, 4.69) is 55.5 Å². The first kappa shape index (κ1) is 33.4. The molecule has 0 saturated carbocycles. The molecule has 24 heavy (non-hydrogen) atoms. The van der Waals surface area contributed by atoms with Crippen molar-refractivity contribution in [3.63, 3.8) is 0 Å². The van der Waals surface area contributed by atoms with Crippen molar-refractivity contribution in [3.05, 3.63) is 0 Å². The van der Waals surface area contributed by atoms with Crippen LogP contribution in [0.5, 0.6) is 0 Å². The first-order chi connectivity index (χ1) is 10.3. The second-order valence-electron chi connectivity index (χ2n) is 7.33. The molecule has 5 heteroatoms. The third-order valence-corrected chi connectivity index (χ3v) is 11.2. The summed E-state index contributed by atoms with van der Waals surface area (Å²) >= 11 is 0. The van der Waals surface area contributed by atoms with E-state index < -0.39 is 7.26 Å². The van der Waals surface area contributed by atoms with Gasteiger partial charge in [0, 0.05) is 21.0 Å². The zero-order valence-electron chi connectivity index (χ0n) is 17.5. The number of unbranched alkanes of at least 4 members (excludes halogenated alkanes) is 3. The zero-order valence-corrected chi connectivity index (χ0v) is 22.8. The molecule has 0 amide bonds. The Bertz CT molecular complexity index is 210. The van der Waals surface area contributed by atoms with Crippen LogP contribution in [0.2, 0.25) is 0 Å². The molecule has 0 saturated heterocycles. The maximum Gasteiger partial charge on any atom is 0.0715 e. The van der Waals surface area contributed by atoms with Crippen LogP contribution in [0.3, 0.4) is 0 Å². The van der Waals surface area contributed by atoms with Crippen LogP contribution in [0.25, 0.3) is 0 Å². The van der Waals surface area contributed by atoms with Crippen LogP contribution in [0.4, 0.5) is 0 Å². The molecule has 0 bridgehead atoms. The average Bonchev–Trinajstić information content (AvgIpc) is 2.47. The van der Waals surface area contributed by atoms with E-state index in [1.807, 2.05) is 0 Å². The van der Waals surface area contributed by atoms with E-state index in [1.54, 1.807) is 25.6 Å². The SMILES string of the molecule is Br.CCCC[P+](CCCC)(CCCC)C(C)(C)C.COCCP.[Br-]. The van der Waals surface area contributed by atoms with E-state index >= 15 is 0 Å². The minimum atomic E-state index is -0.730. The molecule has 0 heterocycles. The average molecular weight is 512 g/mol. The molecule has 0 fully saturated rings. The molecule has 1 unspecified atom stereocenters. The van der Waals surface area contributed by atoms with Crippen LogP contribution in [-0.4, -0.2) is 43.5 Å². The Morgan fingerprint density at radius 3 is 1.29 bits per heavy atom. The Labute approximate surface area is 178 Å². The van der Waals surface area contributed by atoms with Gasteiger partial charge in [0.1, 0.15) is 0 Å². The van der Waals surface area contributed by atoms with E-state index in [9.17, 15) is 0 Å². The third kappa shape index (κ3) is 16.0. The molecule has 0 N–H and O–H groups in total. The van der Waals surface area contributed by atoms with Crippen molar-refractivity contribution in [2.75, 3.05) is 38.4 Å². The molecule has 0 aromatic heterocycles. The van der Waals surface area contributed by atoms with Gasteiger partial charge in [-0.3, -0.25) is 0 Å². The summed E-state index contributed by atoms with van der Waals surface area (Å²) in [6.45, 7) is 15.4. The lowest BCUT2D eigenvalue weighted by molar-refractivity contribution is -0.00000574. The predicted octanol–water partition coefficient (Wildman–Crippen LogP) is 4.29. The fourth-order valence-corrected chi connectivity index (χ4v) is 8.53. The summed E-state index contributed by atoms with van der Waals surface area (Å²) in [7, 11) is 3.54. The fraction of sp³-hybridized carbons (Fsp3) is 1.00. The molecule has 0 radical (unpaired) electrons. The second kappa shape index (κ2) is 21.1. The maximum atomic E-state index is 4.67. The summed E-state index contributed by atoms with van der Waals surface area (Å²) in [5, 5.41) is 0.576. The minimum absolute atomic E-state index is 0. The maximum absolute atomic E-state index is 4.67. The number of rotatable bonds is 11. The molecular formula is C19H46Br2OP2. The quantitative estimate of drug-likeness (QED) is 0.376. The van der Waals surface area contributed by atoms with Gasteiger partial charge in [-0.1, -0.05) is 40.0 Å². The summed E-state index contributed by atoms with van der Waals surface area (Å²) in [6.07, 6.45) is 14.2. The summed E-state index contributed by atoms with van der Waals surface area (Å²) in [4.78, 5) is 0. The van der Waals surface area contributed by atoms with Crippen molar-refractivity contribution in [1.29, 1.82) is 0 Å². The van der Waals surface area contributed by atoms with Crippen molar-refractivity contribution in [1.82, 2.24) is 0 Å². The molecule has 0 aliphatic rings. The molecule has 0 aliphatic carbocycles. The van der Waals surface area contributed by atoms with E-state index in [1.165, 1.54) is 38.5 Å². The Hall–Kier alpha value is 1.78. The Balaban J connectivity index is -0.000000250. The van der Waals surface area contributed by atoms with E-state index in [0.29, 0.717) is 5.16 Å². The molecule has 152 valence electrons. The number of hydrogen-bond acceptors (Lipinski definition) is 1. The van der Waals surface area contributed by atoms with Crippen LogP contribution in [-0.2, 0) is 4.74 Å². The summed E-state index contributed by atoms with van der Waals surface area (Å²) in [5.74, 6) is 0. The Kier molecular flexibility index (Phi) is 29.3. The van der Waals surface area contributed by atoms with Crippen molar-refractivity contribution in [2.24, 2.45) is 0 Å². The normalized spacial score (nSPS) is 11.0. The molecule has 1 nitrogen and oxygen atoms in total. The highest BCUT2D eigenvalue weighted by molar-refractivity contribution is 8.93. The van der Waals surface area contributed by atoms with Crippen molar-refractivity contribution < 1.29 is 21.7 Å². The number of halogens is 2. The highest BCUT2D eigenvalue weighted by atomic mass is 79.9. The number of methoxy groups -OCH3 is 1. The summed E-state index contributed by atoms with van der Waals surface area (Å²) < 4.78 is 4.67. The van der Waals surface area contributed by atoms with Gasteiger partial charge in [-0.25, -0.2) is 0 Å².